The van der Waals surface area contributed by atoms with E-state index in [1.165, 1.54) is 0 Å². The first-order valence-electron chi connectivity index (χ1n) is 7.69. The van der Waals surface area contributed by atoms with Crippen LogP contribution in [0.4, 0.5) is 0 Å². The Kier molecular flexibility index (Phi) is 4.45. The van der Waals surface area contributed by atoms with E-state index in [0.29, 0.717) is 6.42 Å². The molecule has 0 aliphatic heterocycles. The molecule has 0 radical (unpaired) electrons. The summed E-state index contributed by atoms with van der Waals surface area (Å²) in [5.74, 6) is 0.781. The molecule has 0 aromatic heterocycles. The molecular formula is C21H20O2. The SMILES string of the molecule is COc1ccc(C(O)(Cc2ccccc2)c2ccccc2)cc1. The Balaban J connectivity index is 2.05. The number of ether oxygens (including phenoxy) is 1. The van der Waals surface area contributed by atoms with Gasteiger partial charge in [-0.3, -0.25) is 0 Å². The van der Waals surface area contributed by atoms with E-state index < -0.39 is 5.60 Å². The van der Waals surface area contributed by atoms with E-state index in [9.17, 15) is 5.11 Å². The van der Waals surface area contributed by atoms with Crippen LogP contribution in [0.2, 0.25) is 0 Å². The molecule has 0 fully saturated rings. The average Bonchev–Trinajstić information content (AvgIpc) is 2.63. The van der Waals surface area contributed by atoms with Gasteiger partial charge in [-0.15, -0.1) is 0 Å². The van der Waals surface area contributed by atoms with Crippen LogP contribution < -0.4 is 4.74 Å². The van der Waals surface area contributed by atoms with Crippen molar-refractivity contribution in [1.82, 2.24) is 0 Å². The Labute approximate surface area is 137 Å². The lowest BCUT2D eigenvalue weighted by molar-refractivity contribution is 0.0811. The Hall–Kier alpha value is -2.58. The van der Waals surface area contributed by atoms with Gasteiger partial charge >= 0.3 is 0 Å². The Morgan fingerprint density at radius 2 is 1.26 bits per heavy atom. The molecule has 0 amide bonds. The van der Waals surface area contributed by atoms with Gasteiger partial charge in [-0.25, -0.2) is 0 Å². The van der Waals surface area contributed by atoms with Gasteiger partial charge in [-0.05, 0) is 28.8 Å². The Bertz CT molecular complexity index is 736. The highest BCUT2D eigenvalue weighted by Crippen LogP contribution is 2.34. The van der Waals surface area contributed by atoms with Crippen LogP contribution in [0.15, 0.2) is 84.9 Å². The van der Waals surface area contributed by atoms with Crippen LogP contribution in [-0.4, -0.2) is 12.2 Å². The minimum Gasteiger partial charge on any atom is -0.497 e. The predicted molar refractivity (Wildman–Crippen MR) is 92.6 cm³/mol. The quantitative estimate of drug-likeness (QED) is 0.766. The van der Waals surface area contributed by atoms with E-state index in [2.05, 4.69) is 0 Å². The van der Waals surface area contributed by atoms with Gasteiger partial charge in [0.2, 0.25) is 0 Å². The highest BCUT2D eigenvalue weighted by Gasteiger charge is 2.31. The zero-order chi connectivity index (χ0) is 16.1. The molecule has 1 N–H and O–H groups in total. The fraction of sp³-hybridized carbons (Fsp3) is 0.143. The number of aliphatic hydroxyl groups is 1. The lowest BCUT2D eigenvalue weighted by Gasteiger charge is -2.30. The van der Waals surface area contributed by atoms with Gasteiger partial charge in [0.25, 0.3) is 0 Å². The van der Waals surface area contributed by atoms with E-state index in [0.717, 1.165) is 22.4 Å². The molecule has 3 rings (SSSR count). The van der Waals surface area contributed by atoms with E-state index in [-0.39, 0.29) is 0 Å². The molecule has 2 heteroatoms. The normalized spacial score (nSPS) is 13.3. The summed E-state index contributed by atoms with van der Waals surface area (Å²) in [5.41, 5.74) is 1.76. The molecule has 0 aliphatic carbocycles. The van der Waals surface area contributed by atoms with Crippen molar-refractivity contribution in [3.05, 3.63) is 102 Å². The zero-order valence-electron chi connectivity index (χ0n) is 13.1. The smallest absolute Gasteiger partial charge is 0.119 e. The third kappa shape index (κ3) is 3.27. The second-order valence-corrected chi connectivity index (χ2v) is 5.62. The number of benzene rings is 3. The monoisotopic (exact) mass is 304 g/mol. The zero-order valence-corrected chi connectivity index (χ0v) is 13.1. The van der Waals surface area contributed by atoms with E-state index in [4.69, 9.17) is 4.74 Å². The molecule has 2 nitrogen and oxygen atoms in total. The molecule has 116 valence electrons. The first-order valence-corrected chi connectivity index (χ1v) is 7.69. The molecule has 0 saturated heterocycles. The number of rotatable bonds is 5. The molecule has 3 aromatic rings. The van der Waals surface area contributed by atoms with Crippen molar-refractivity contribution in [3.63, 3.8) is 0 Å². The highest BCUT2D eigenvalue weighted by atomic mass is 16.5. The molecule has 0 heterocycles. The van der Waals surface area contributed by atoms with Crippen LogP contribution in [0.1, 0.15) is 16.7 Å². The molecule has 3 aromatic carbocycles. The second-order valence-electron chi connectivity index (χ2n) is 5.62. The Morgan fingerprint density at radius 3 is 1.83 bits per heavy atom. The number of methoxy groups -OCH3 is 1. The van der Waals surface area contributed by atoms with Gasteiger partial charge in [-0.1, -0.05) is 72.8 Å². The van der Waals surface area contributed by atoms with Crippen LogP contribution in [0.5, 0.6) is 5.75 Å². The van der Waals surface area contributed by atoms with Gasteiger partial charge in [-0.2, -0.15) is 0 Å². The van der Waals surface area contributed by atoms with E-state index in [1.54, 1.807) is 7.11 Å². The predicted octanol–water partition coefficient (Wildman–Crippen LogP) is 4.17. The molecule has 1 atom stereocenters. The lowest BCUT2D eigenvalue weighted by atomic mass is 9.81. The van der Waals surface area contributed by atoms with E-state index >= 15 is 0 Å². The maximum Gasteiger partial charge on any atom is 0.119 e. The van der Waals surface area contributed by atoms with Crippen molar-refractivity contribution < 1.29 is 9.84 Å². The highest BCUT2D eigenvalue weighted by molar-refractivity contribution is 5.40. The van der Waals surface area contributed by atoms with Crippen molar-refractivity contribution in [2.24, 2.45) is 0 Å². The summed E-state index contributed by atoms with van der Waals surface area (Å²) >= 11 is 0. The first kappa shape index (κ1) is 15.3. The number of hydrogen-bond donors (Lipinski definition) is 1. The van der Waals surface area contributed by atoms with Crippen LogP contribution in [0.3, 0.4) is 0 Å². The lowest BCUT2D eigenvalue weighted by Crippen LogP contribution is -2.30. The van der Waals surface area contributed by atoms with Crippen molar-refractivity contribution in [2.75, 3.05) is 7.11 Å². The van der Waals surface area contributed by atoms with Gasteiger partial charge in [0.15, 0.2) is 0 Å². The summed E-state index contributed by atoms with van der Waals surface area (Å²) in [4.78, 5) is 0. The second kappa shape index (κ2) is 6.67. The molecule has 0 saturated carbocycles. The fourth-order valence-electron chi connectivity index (χ4n) is 2.84. The van der Waals surface area contributed by atoms with Crippen LogP contribution in [0, 0.1) is 0 Å². The maximum absolute atomic E-state index is 11.5. The summed E-state index contributed by atoms with van der Waals surface area (Å²) in [6, 6.07) is 27.5. The fourth-order valence-corrected chi connectivity index (χ4v) is 2.84. The summed E-state index contributed by atoms with van der Waals surface area (Å²) in [5, 5.41) is 11.5. The molecule has 23 heavy (non-hydrogen) atoms. The minimum absolute atomic E-state index is 0.518. The maximum atomic E-state index is 11.5. The summed E-state index contributed by atoms with van der Waals surface area (Å²) in [6.45, 7) is 0. The van der Waals surface area contributed by atoms with Crippen molar-refractivity contribution in [2.45, 2.75) is 12.0 Å². The topological polar surface area (TPSA) is 29.5 Å². The van der Waals surface area contributed by atoms with Crippen molar-refractivity contribution in [3.8, 4) is 5.75 Å². The van der Waals surface area contributed by atoms with Crippen LogP contribution in [0.25, 0.3) is 0 Å². The molecular weight excluding hydrogens is 284 g/mol. The van der Waals surface area contributed by atoms with Gasteiger partial charge in [0.05, 0.1) is 7.11 Å². The Morgan fingerprint density at radius 1 is 0.739 bits per heavy atom. The minimum atomic E-state index is -1.07. The van der Waals surface area contributed by atoms with E-state index in [1.807, 2.05) is 84.9 Å². The summed E-state index contributed by atoms with van der Waals surface area (Å²) in [7, 11) is 1.64. The standard InChI is InChI=1S/C21H20O2/c1-23-20-14-12-19(13-15-20)21(22,18-10-6-3-7-11-18)16-17-8-4-2-5-9-17/h2-15,22H,16H2,1H3. The molecule has 0 aliphatic rings. The van der Waals surface area contributed by atoms with Gasteiger partial charge < -0.3 is 9.84 Å². The molecule has 0 spiro atoms. The average molecular weight is 304 g/mol. The summed E-state index contributed by atoms with van der Waals surface area (Å²) in [6.07, 6.45) is 0.518. The van der Waals surface area contributed by atoms with Crippen molar-refractivity contribution >= 4 is 0 Å². The first-order chi connectivity index (χ1) is 11.2. The third-order valence-electron chi connectivity index (χ3n) is 4.12. The largest absolute Gasteiger partial charge is 0.497 e. The van der Waals surface area contributed by atoms with Crippen LogP contribution in [-0.2, 0) is 12.0 Å². The summed E-state index contributed by atoms with van der Waals surface area (Å²) < 4.78 is 5.22. The van der Waals surface area contributed by atoms with Crippen molar-refractivity contribution in [1.29, 1.82) is 0 Å². The number of hydrogen-bond acceptors (Lipinski definition) is 2. The van der Waals surface area contributed by atoms with Crippen LogP contribution >= 0.6 is 0 Å². The van der Waals surface area contributed by atoms with Gasteiger partial charge in [0, 0.05) is 6.42 Å². The molecule has 1 unspecified atom stereocenters. The molecule has 0 bridgehead atoms. The van der Waals surface area contributed by atoms with Gasteiger partial charge in [0.1, 0.15) is 11.4 Å². The third-order valence-corrected chi connectivity index (χ3v) is 4.12.